The minimum absolute atomic E-state index is 0.0454. The molecule has 2 aromatic carbocycles. The average Bonchev–Trinajstić information content (AvgIpc) is 2.93. The molecule has 0 bridgehead atoms. The summed E-state index contributed by atoms with van der Waals surface area (Å²) in [4.78, 5) is 26.5. The van der Waals surface area contributed by atoms with Gasteiger partial charge in [-0.25, -0.2) is 0 Å². The van der Waals surface area contributed by atoms with Crippen molar-refractivity contribution in [2.45, 2.75) is 19.9 Å². The molecule has 140 valence electrons. The topological polar surface area (TPSA) is 76.1 Å². The molecule has 27 heavy (non-hydrogen) atoms. The number of benzene rings is 2. The standard InChI is InChI=1S/C21H21NO5/c1-12-5-7-14(8-6-12)22-19(18(13(2)23)20(24)21(22)25)16-10-9-15(26-3)11-17(16)27-4/h5-11,19,24H,1-4H3/t19-/m0/s1. The van der Waals surface area contributed by atoms with Crippen LogP contribution in [-0.2, 0) is 9.59 Å². The van der Waals surface area contributed by atoms with Gasteiger partial charge in [0.05, 0.1) is 25.8 Å². The lowest BCUT2D eigenvalue weighted by molar-refractivity contribution is -0.117. The Kier molecular flexibility index (Phi) is 4.90. The first-order valence-corrected chi connectivity index (χ1v) is 8.45. The van der Waals surface area contributed by atoms with Crippen LogP contribution in [0.4, 0.5) is 5.69 Å². The number of aliphatic hydroxyl groups is 1. The number of nitrogens with zero attached hydrogens (tertiary/aromatic N) is 1. The minimum Gasteiger partial charge on any atom is -0.503 e. The molecule has 0 saturated carbocycles. The molecular weight excluding hydrogens is 346 g/mol. The van der Waals surface area contributed by atoms with Crippen molar-refractivity contribution >= 4 is 17.4 Å². The van der Waals surface area contributed by atoms with Crippen LogP contribution in [0.25, 0.3) is 0 Å². The van der Waals surface area contributed by atoms with Crippen LogP contribution >= 0.6 is 0 Å². The number of methoxy groups -OCH3 is 2. The highest BCUT2D eigenvalue weighted by Gasteiger charge is 2.44. The van der Waals surface area contributed by atoms with Gasteiger partial charge in [0.25, 0.3) is 5.91 Å². The van der Waals surface area contributed by atoms with E-state index in [0.717, 1.165) is 5.56 Å². The van der Waals surface area contributed by atoms with Crippen LogP contribution in [0.5, 0.6) is 11.5 Å². The predicted molar refractivity (Wildman–Crippen MR) is 101 cm³/mol. The number of carbonyl (C=O) groups excluding carboxylic acids is 2. The van der Waals surface area contributed by atoms with E-state index in [4.69, 9.17) is 9.47 Å². The zero-order valence-electron chi connectivity index (χ0n) is 15.6. The molecule has 1 aliphatic rings. The van der Waals surface area contributed by atoms with E-state index in [1.807, 2.05) is 19.1 Å². The van der Waals surface area contributed by atoms with Gasteiger partial charge in [-0.3, -0.25) is 14.5 Å². The summed E-state index contributed by atoms with van der Waals surface area (Å²) in [6.07, 6.45) is 0. The normalized spacial score (nSPS) is 16.7. The van der Waals surface area contributed by atoms with Gasteiger partial charge >= 0.3 is 0 Å². The van der Waals surface area contributed by atoms with E-state index in [0.29, 0.717) is 22.7 Å². The predicted octanol–water partition coefficient (Wildman–Crippen LogP) is 3.50. The number of aliphatic hydroxyl groups excluding tert-OH is 1. The van der Waals surface area contributed by atoms with Gasteiger partial charge in [0, 0.05) is 17.3 Å². The summed E-state index contributed by atoms with van der Waals surface area (Å²) in [5, 5.41) is 10.4. The molecule has 0 spiro atoms. The molecule has 6 heteroatoms. The number of ether oxygens (including phenoxy) is 2. The summed E-state index contributed by atoms with van der Waals surface area (Å²) in [7, 11) is 3.04. The number of hydrogen-bond acceptors (Lipinski definition) is 5. The van der Waals surface area contributed by atoms with Crippen LogP contribution in [0.1, 0.15) is 24.1 Å². The molecule has 0 unspecified atom stereocenters. The number of rotatable bonds is 5. The van der Waals surface area contributed by atoms with Crippen molar-refractivity contribution in [1.82, 2.24) is 0 Å². The van der Waals surface area contributed by atoms with Crippen molar-refractivity contribution in [3.05, 3.63) is 64.9 Å². The van der Waals surface area contributed by atoms with E-state index in [1.54, 1.807) is 37.4 Å². The summed E-state index contributed by atoms with van der Waals surface area (Å²) in [6, 6.07) is 11.7. The molecule has 2 aromatic rings. The number of ketones is 1. The summed E-state index contributed by atoms with van der Waals surface area (Å²) < 4.78 is 10.7. The zero-order valence-corrected chi connectivity index (χ0v) is 15.6. The van der Waals surface area contributed by atoms with Crippen molar-refractivity contribution < 1.29 is 24.2 Å². The van der Waals surface area contributed by atoms with Crippen molar-refractivity contribution in [2.75, 3.05) is 19.1 Å². The third-order valence-corrected chi connectivity index (χ3v) is 4.63. The van der Waals surface area contributed by atoms with Gasteiger partial charge in [-0.2, -0.15) is 0 Å². The summed E-state index contributed by atoms with van der Waals surface area (Å²) in [5.41, 5.74) is 2.25. The van der Waals surface area contributed by atoms with E-state index >= 15 is 0 Å². The molecule has 0 radical (unpaired) electrons. The van der Waals surface area contributed by atoms with E-state index in [2.05, 4.69) is 0 Å². The minimum atomic E-state index is -0.793. The van der Waals surface area contributed by atoms with Gasteiger partial charge in [0.1, 0.15) is 11.5 Å². The zero-order chi connectivity index (χ0) is 19.7. The first kappa shape index (κ1) is 18.5. The fraction of sp³-hybridized carbons (Fsp3) is 0.238. The molecule has 1 atom stereocenters. The van der Waals surface area contributed by atoms with Gasteiger partial charge in [0.2, 0.25) is 0 Å². The third-order valence-electron chi connectivity index (χ3n) is 4.63. The van der Waals surface area contributed by atoms with Crippen molar-refractivity contribution in [1.29, 1.82) is 0 Å². The van der Waals surface area contributed by atoms with Gasteiger partial charge in [-0.05, 0) is 38.1 Å². The van der Waals surface area contributed by atoms with Crippen LogP contribution < -0.4 is 14.4 Å². The van der Waals surface area contributed by atoms with Gasteiger partial charge in [-0.15, -0.1) is 0 Å². The summed E-state index contributed by atoms with van der Waals surface area (Å²) in [5.74, 6) is -0.492. The quantitative estimate of drug-likeness (QED) is 0.875. The van der Waals surface area contributed by atoms with Crippen LogP contribution in [0, 0.1) is 6.92 Å². The first-order valence-electron chi connectivity index (χ1n) is 8.45. The number of Topliss-reactive ketones (excluding diaryl/α,β-unsaturated/α-hetero) is 1. The highest BCUT2D eigenvalue weighted by molar-refractivity contribution is 6.16. The van der Waals surface area contributed by atoms with E-state index in [9.17, 15) is 14.7 Å². The van der Waals surface area contributed by atoms with E-state index in [-0.39, 0.29) is 11.4 Å². The van der Waals surface area contributed by atoms with Crippen LogP contribution in [0.3, 0.4) is 0 Å². The number of amides is 1. The summed E-state index contributed by atoms with van der Waals surface area (Å²) in [6.45, 7) is 3.27. The largest absolute Gasteiger partial charge is 0.503 e. The van der Waals surface area contributed by atoms with Crippen molar-refractivity contribution in [2.24, 2.45) is 0 Å². The Labute approximate surface area is 157 Å². The fourth-order valence-electron chi connectivity index (χ4n) is 3.28. The molecule has 6 nitrogen and oxygen atoms in total. The molecule has 3 rings (SSSR count). The fourth-order valence-corrected chi connectivity index (χ4v) is 3.28. The van der Waals surface area contributed by atoms with Gasteiger partial charge in [-0.1, -0.05) is 17.7 Å². The molecule has 1 heterocycles. The lowest BCUT2D eigenvalue weighted by Crippen LogP contribution is -2.31. The smallest absolute Gasteiger partial charge is 0.294 e. The number of carbonyl (C=O) groups is 2. The number of hydrogen-bond donors (Lipinski definition) is 1. The van der Waals surface area contributed by atoms with E-state index in [1.165, 1.54) is 18.9 Å². The Morgan fingerprint density at radius 1 is 1.07 bits per heavy atom. The average molecular weight is 367 g/mol. The summed E-state index contributed by atoms with van der Waals surface area (Å²) >= 11 is 0. The SMILES string of the molecule is COc1ccc([C@H]2C(C(C)=O)=C(O)C(=O)N2c2ccc(C)cc2)c(OC)c1. The molecular formula is C21H21NO5. The van der Waals surface area contributed by atoms with Crippen LogP contribution in [0.15, 0.2) is 53.8 Å². The van der Waals surface area contributed by atoms with E-state index < -0.39 is 17.7 Å². The molecule has 0 fully saturated rings. The molecule has 1 aliphatic heterocycles. The Balaban J connectivity index is 2.22. The number of anilines is 1. The maximum absolute atomic E-state index is 12.8. The molecule has 1 N–H and O–H groups in total. The molecule has 0 aromatic heterocycles. The van der Waals surface area contributed by atoms with Gasteiger partial charge in [0.15, 0.2) is 11.5 Å². The first-order chi connectivity index (χ1) is 12.9. The third kappa shape index (κ3) is 3.14. The Hall–Kier alpha value is -3.28. The highest BCUT2D eigenvalue weighted by Crippen LogP contribution is 2.44. The number of aryl methyl sites for hydroxylation is 1. The Bertz CT molecular complexity index is 930. The second kappa shape index (κ2) is 7.15. The monoisotopic (exact) mass is 367 g/mol. The second-order valence-electron chi connectivity index (χ2n) is 6.34. The van der Waals surface area contributed by atoms with Crippen LogP contribution in [-0.4, -0.2) is 31.0 Å². The second-order valence-corrected chi connectivity index (χ2v) is 6.34. The molecule has 0 saturated heterocycles. The molecule has 0 aliphatic carbocycles. The maximum atomic E-state index is 12.8. The van der Waals surface area contributed by atoms with Crippen molar-refractivity contribution in [3.8, 4) is 11.5 Å². The Morgan fingerprint density at radius 3 is 2.30 bits per heavy atom. The van der Waals surface area contributed by atoms with Gasteiger partial charge < -0.3 is 14.6 Å². The molecule has 1 amide bonds. The maximum Gasteiger partial charge on any atom is 0.294 e. The van der Waals surface area contributed by atoms with Crippen molar-refractivity contribution in [3.63, 3.8) is 0 Å². The lowest BCUT2D eigenvalue weighted by atomic mass is 9.95. The van der Waals surface area contributed by atoms with Crippen LogP contribution in [0.2, 0.25) is 0 Å². The Morgan fingerprint density at radius 2 is 1.74 bits per heavy atom. The lowest BCUT2D eigenvalue weighted by Gasteiger charge is -2.28. The highest BCUT2D eigenvalue weighted by atomic mass is 16.5.